The molecule has 0 saturated heterocycles. The van der Waals surface area contributed by atoms with Crippen molar-refractivity contribution in [3.63, 3.8) is 0 Å². The summed E-state index contributed by atoms with van der Waals surface area (Å²) in [5.74, 6) is 0.870. The third kappa shape index (κ3) is 4.87. The van der Waals surface area contributed by atoms with Gasteiger partial charge in [-0.25, -0.2) is 0 Å². The van der Waals surface area contributed by atoms with E-state index < -0.39 is 0 Å². The van der Waals surface area contributed by atoms with Gasteiger partial charge in [-0.3, -0.25) is 14.0 Å². The van der Waals surface area contributed by atoms with E-state index in [1.807, 2.05) is 67.9 Å². The Bertz CT molecular complexity index is 1230. The van der Waals surface area contributed by atoms with Gasteiger partial charge < -0.3 is 5.32 Å². The Morgan fingerprint density at radius 2 is 1.78 bits per heavy atom. The molecule has 0 fully saturated rings. The van der Waals surface area contributed by atoms with Crippen molar-refractivity contribution >= 4 is 35.0 Å². The highest BCUT2D eigenvalue weighted by molar-refractivity contribution is 7.99. The van der Waals surface area contributed by atoms with E-state index in [0.717, 1.165) is 34.2 Å². The summed E-state index contributed by atoms with van der Waals surface area (Å²) in [6, 6.07) is 17.6. The molecule has 0 atom stereocenters. The normalized spacial score (nSPS) is 11.0. The molecule has 4 aromatic rings. The number of hydrogen-bond acceptors (Lipinski definition) is 5. The first-order valence-corrected chi connectivity index (χ1v) is 11.5. The number of amides is 1. The lowest BCUT2D eigenvalue weighted by molar-refractivity contribution is -0.113. The van der Waals surface area contributed by atoms with Crippen molar-refractivity contribution in [3.05, 3.63) is 82.4 Å². The Hall–Kier alpha value is -3.10. The largest absolute Gasteiger partial charge is 0.322 e. The maximum Gasteiger partial charge on any atom is 0.234 e. The molecule has 4 rings (SSSR count). The first kappa shape index (κ1) is 22.1. The molecule has 0 radical (unpaired) electrons. The van der Waals surface area contributed by atoms with E-state index in [0.29, 0.717) is 16.6 Å². The predicted molar refractivity (Wildman–Crippen MR) is 128 cm³/mol. The maximum absolute atomic E-state index is 12.6. The molecule has 0 saturated carbocycles. The number of anilines is 1. The van der Waals surface area contributed by atoms with Gasteiger partial charge in [-0.05, 0) is 43.7 Å². The molecule has 0 unspecified atom stereocenters. The Kier molecular flexibility index (Phi) is 6.62. The predicted octanol–water partition coefficient (Wildman–Crippen LogP) is 4.59. The summed E-state index contributed by atoms with van der Waals surface area (Å²) < 4.78 is 3.73. The average Bonchev–Trinajstić information content (AvgIpc) is 3.29. The first-order chi connectivity index (χ1) is 15.4. The van der Waals surface area contributed by atoms with Gasteiger partial charge in [0.05, 0.1) is 22.8 Å². The van der Waals surface area contributed by atoms with E-state index in [1.54, 1.807) is 4.68 Å². The number of carbonyl (C=O) groups is 1. The van der Waals surface area contributed by atoms with E-state index in [-0.39, 0.29) is 11.7 Å². The van der Waals surface area contributed by atoms with Crippen molar-refractivity contribution in [1.82, 2.24) is 24.5 Å². The second-order valence-electron chi connectivity index (χ2n) is 7.38. The van der Waals surface area contributed by atoms with Gasteiger partial charge in [0.1, 0.15) is 5.82 Å². The van der Waals surface area contributed by atoms with Gasteiger partial charge >= 0.3 is 0 Å². The highest BCUT2D eigenvalue weighted by atomic mass is 35.5. The van der Waals surface area contributed by atoms with Crippen LogP contribution < -0.4 is 5.32 Å². The highest BCUT2D eigenvalue weighted by Crippen LogP contribution is 2.25. The number of aryl methyl sites for hydroxylation is 2. The minimum absolute atomic E-state index is 0.121. The van der Waals surface area contributed by atoms with Crippen LogP contribution in [0, 0.1) is 13.8 Å². The van der Waals surface area contributed by atoms with E-state index in [9.17, 15) is 4.79 Å². The summed E-state index contributed by atoms with van der Waals surface area (Å²) in [5.41, 5.74) is 4.48. The van der Waals surface area contributed by atoms with Crippen molar-refractivity contribution in [2.75, 3.05) is 11.1 Å². The smallest absolute Gasteiger partial charge is 0.234 e. The minimum Gasteiger partial charge on any atom is -0.322 e. The van der Waals surface area contributed by atoms with Gasteiger partial charge in [-0.15, -0.1) is 10.2 Å². The molecule has 7 nitrogen and oxygen atoms in total. The number of rotatable bonds is 7. The molecule has 0 bridgehead atoms. The number of carbonyl (C=O) groups excluding carboxylic acids is 1. The number of nitrogens with one attached hydrogen (secondary N) is 1. The van der Waals surface area contributed by atoms with Crippen LogP contribution in [0.25, 0.3) is 5.69 Å². The van der Waals surface area contributed by atoms with Crippen LogP contribution in [0.5, 0.6) is 0 Å². The molecular formula is C23H23ClN6OS. The minimum atomic E-state index is -0.121. The van der Waals surface area contributed by atoms with Crippen LogP contribution >= 0.6 is 23.4 Å². The third-order valence-electron chi connectivity index (χ3n) is 5.10. The SMILES string of the molecule is Cc1nn(C)c(C)c1NC(=O)CSc1nnc(Cc2ccccc2)n1-c1ccc(Cl)cc1. The van der Waals surface area contributed by atoms with Crippen molar-refractivity contribution in [1.29, 1.82) is 0 Å². The highest BCUT2D eigenvalue weighted by Gasteiger charge is 2.18. The van der Waals surface area contributed by atoms with Crippen LogP contribution in [0.4, 0.5) is 5.69 Å². The first-order valence-electron chi connectivity index (χ1n) is 10.1. The summed E-state index contributed by atoms with van der Waals surface area (Å²) in [6.07, 6.45) is 0.622. The summed E-state index contributed by atoms with van der Waals surface area (Å²) in [6.45, 7) is 3.80. The number of thioether (sulfide) groups is 1. The van der Waals surface area contributed by atoms with Crippen LogP contribution in [0.15, 0.2) is 59.8 Å². The number of aromatic nitrogens is 5. The van der Waals surface area contributed by atoms with Gasteiger partial charge in [-0.2, -0.15) is 5.10 Å². The van der Waals surface area contributed by atoms with Crippen LogP contribution in [-0.2, 0) is 18.3 Å². The molecule has 0 spiro atoms. The van der Waals surface area contributed by atoms with Crippen molar-refractivity contribution < 1.29 is 4.79 Å². The van der Waals surface area contributed by atoms with E-state index >= 15 is 0 Å². The van der Waals surface area contributed by atoms with E-state index in [2.05, 4.69) is 32.7 Å². The van der Waals surface area contributed by atoms with Gasteiger partial charge in [0.2, 0.25) is 5.91 Å². The molecule has 164 valence electrons. The van der Waals surface area contributed by atoms with Crippen molar-refractivity contribution in [2.45, 2.75) is 25.4 Å². The number of benzene rings is 2. The Balaban J connectivity index is 1.56. The Morgan fingerprint density at radius 3 is 2.44 bits per heavy atom. The second kappa shape index (κ2) is 9.58. The molecular weight excluding hydrogens is 444 g/mol. The standard InChI is InChI=1S/C23H23ClN6OS/c1-15-22(16(2)29(3)28-15)25-21(31)14-32-23-27-26-20(13-17-7-5-4-6-8-17)30(23)19-11-9-18(24)10-12-19/h4-12H,13-14H2,1-3H3,(H,25,31). The van der Waals surface area contributed by atoms with Crippen molar-refractivity contribution in [3.8, 4) is 5.69 Å². The third-order valence-corrected chi connectivity index (χ3v) is 6.28. The number of hydrogen-bond donors (Lipinski definition) is 1. The Morgan fingerprint density at radius 1 is 1.06 bits per heavy atom. The lowest BCUT2D eigenvalue weighted by Crippen LogP contribution is -2.16. The molecule has 2 aromatic carbocycles. The topological polar surface area (TPSA) is 77.6 Å². The van der Waals surface area contributed by atoms with Gasteiger partial charge in [-0.1, -0.05) is 53.7 Å². The molecule has 0 aliphatic rings. The zero-order chi connectivity index (χ0) is 22.7. The molecule has 9 heteroatoms. The number of halogens is 1. The summed E-state index contributed by atoms with van der Waals surface area (Å²) in [5, 5.41) is 17.4. The van der Waals surface area contributed by atoms with Crippen LogP contribution in [0.3, 0.4) is 0 Å². The molecule has 1 amide bonds. The van der Waals surface area contributed by atoms with E-state index in [4.69, 9.17) is 11.6 Å². The molecule has 0 aliphatic heterocycles. The fraction of sp³-hybridized carbons (Fsp3) is 0.217. The van der Waals surface area contributed by atoms with E-state index in [1.165, 1.54) is 11.8 Å². The fourth-order valence-electron chi connectivity index (χ4n) is 3.40. The summed E-state index contributed by atoms with van der Waals surface area (Å²) in [7, 11) is 1.86. The monoisotopic (exact) mass is 466 g/mol. The van der Waals surface area contributed by atoms with Crippen LogP contribution in [0.2, 0.25) is 5.02 Å². The molecule has 1 N–H and O–H groups in total. The zero-order valence-electron chi connectivity index (χ0n) is 18.0. The van der Waals surface area contributed by atoms with Gasteiger partial charge in [0, 0.05) is 24.2 Å². The maximum atomic E-state index is 12.6. The fourth-order valence-corrected chi connectivity index (χ4v) is 4.29. The lowest BCUT2D eigenvalue weighted by atomic mass is 10.1. The Labute approximate surface area is 195 Å². The molecule has 2 heterocycles. The summed E-state index contributed by atoms with van der Waals surface area (Å²) >= 11 is 7.42. The molecule has 0 aliphatic carbocycles. The van der Waals surface area contributed by atoms with Crippen LogP contribution in [0.1, 0.15) is 22.8 Å². The van der Waals surface area contributed by atoms with Gasteiger partial charge in [0.25, 0.3) is 0 Å². The number of nitrogens with zero attached hydrogens (tertiary/aromatic N) is 5. The average molecular weight is 467 g/mol. The van der Waals surface area contributed by atoms with Crippen LogP contribution in [-0.4, -0.2) is 36.2 Å². The van der Waals surface area contributed by atoms with Crippen molar-refractivity contribution in [2.24, 2.45) is 7.05 Å². The van der Waals surface area contributed by atoms with Gasteiger partial charge in [0.15, 0.2) is 5.16 Å². The quantitative estimate of drug-likeness (QED) is 0.403. The zero-order valence-corrected chi connectivity index (χ0v) is 19.6. The molecule has 2 aromatic heterocycles. The second-order valence-corrected chi connectivity index (χ2v) is 8.76. The summed E-state index contributed by atoms with van der Waals surface area (Å²) in [4.78, 5) is 12.6. The molecule has 32 heavy (non-hydrogen) atoms. The lowest BCUT2D eigenvalue weighted by Gasteiger charge is -2.11.